The van der Waals surface area contributed by atoms with Crippen molar-refractivity contribution < 1.29 is 14.6 Å². The van der Waals surface area contributed by atoms with Gasteiger partial charge in [-0.25, -0.2) is 4.98 Å². The summed E-state index contributed by atoms with van der Waals surface area (Å²) in [6.07, 6.45) is 0. The van der Waals surface area contributed by atoms with E-state index in [0.29, 0.717) is 26.8 Å². The predicted molar refractivity (Wildman–Crippen MR) is 116 cm³/mol. The molecule has 8 heteroatoms. The van der Waals surface area contributed by atoms with E-state index in [1.807, 2.05) is 35.7 Å². The highest BCUT2D eigenvalue weighted by Gasteiger charge is 2.19. The van der Waals surface area contributed by atoms with E-state index < -0.39 is 5.97 Å². The molecule has 146 valence electrons. The van der Waals surface area contributed by atoms with Crippen LogP contribution in [-0.4, -0.2) is 33.5 Å². The van der Waals surface area contributed by atoms with Crippen molar-refractivity contribution in [1.29, 1.82) is 0 Å². The molecule has 0 aliphatic heterocycles. The fourth-order valence-electron chi connectivity index (χ4n) is 3.00. The molecule has 2 aromatic carbocycles. The van der Waals surface area contributed by atoms with Crippen LogP contribution in [0.1, 0.15) is 0 Å². The number of fused-ring (bicyclic) bond motifs is 1. The number of thioether (sulfide) groups is 1. The van der Waals surface area contributed by atoms with Gasteiger partial charge in [-0.2, -0.15) is 0 Å². The van der Waals surface area contributed by atoms with E-state index in [4.69, 9.17) is 9.84 Å². The number of thiophene rings is 1. The molecular formula is C21H16N2O4S2. The highest BCUT2D eigenvalue weighted by atomic mass is 32.2. The molecule has 4 rings (SSSR count). The minimum atomic E-state index is -0.974. The number of aromatic nitrogens is 2. The Labute approximate surface area is 174 Å². The third kappa shape index (κ3) is 3.76. The van der Waals surface area contributed by atoms with Gasteiger partial charge in [0.15, 0.2) is 5.16 Å². The summed E-state index contributed by atoms with van der Waals surface area (Å²) in [5.41, 5.74) is 2.08. The van der Waals surface area contributed by atoms with Crippen LogP contribution in [0.2, 0.25) is 0 Å². The van der Waals surface area contributed by atoms with Crippen molar-refractivity contribution in [2.24, 2.45) is 0 Å². The number of methoxy groups -OCH3 is 1. The molecule has 6 nitrogen and oxygen atoms in total. The lowest BCUT2D eigenvalue weighted by molar-refractivity contribution is -0.133. The van der Waals surface area contributed by atoms with E-state index in [9.17, 15) is 9.59 Å². The molecule has 0 radical (unpaired) electrons. The lowest BCUT2D eigenvalue weighted by atomic mass is 10.1. The Morgan fingerprint density at radius 3 is 2.72 bits per heavy atom. The molecule has 0 unspecified atom stereocenters. The standard InChI is InChI=1S/C21H16N2O4S2/c1-27-15-9-5-8-14(10-15)23-20(26)18-16(13-6-3-2-4-7-13)11-28-19(18)22-21(23)29-12-17(24)25/h2-11H,12H2,1H3,(H,24,25). The van der Waals surface area contributed by atoms with Crippen molar-refractivity contribution in [2.45, 2.75) is 5.16 Å². The second-order valence-electron chi connectivity index (χ2n) is 6.11. The monoisotopic (exact) mass is 424 g/mol. The minimum Gasteiger partial charge on any atom is -0.497 e. The number of rotatable bonds is 6. The highest BCUT2D eigenvalue weighted by Crippen LogP contribution is 2.33. The van der Waals surface area contributed by atoms with Gasteiger partial charge in [0.1, 0.15) is 10.6 Å². The van der Waals surface area contributed by atoms with E-state index in [1.165, 1.54) is 15.9 Å². The first-order chi connectivity index (χ1) is 14.1. The number of hydrogen-bond donors (Lipinski definition) is 1. The van der Waals surface area contributed by atoms with Gasteiger partial charge < -0.3 is 9.84 Å². The second kappa shape index (κ2) is 8.10. The van der Waals surface area contributed by atoms with Crippen LogP contribution in [0.25, 0.3) is 27.0 Å². The summed E-state index contributed by atoms with van der Waals surface area (Å²) in [4.78, 5) is 29.9. The maximum Gasteiger partial charge on any atom is 0.313 e. The van der Waals surface area contributed by atoms with Crippen LogP contribution in [-0.2, 0) is 4.79 Å². The molecule has 0 saturated carbocycles. The minimum absolute atomic E-state index is 0.196. The quantitative estimate of drug-likeness (QED) is 0.367. The molecule has 29 heavy (non-hydrogen) atoms. The van der Waals surface area contributed by atoms with E-state index in [-0.39, 0.29) is 11.3 Å². The number of benzene rings is 2. The highest BCUT2D eigenvalue weighted by molar-refractivity contribution is 7.99. The number of carbonyl (C=O) groups is 1. The zero-order valence-electron chi connectivity index (χ0n) is 15.4. The average Bonchev–Trinajstić information content (AvgIpc) is 3.17. The third-order valence-electron chi connectivity index (χ3n) is 4.30. The summed E-state index contributed by atoms with van der Waals surface area (Å²) in [7, 11) is 1.55. The van der Waals surface area contributed by atoms with Gasteiger partial charge in [0.25, 0.3) is 5.56 Å². The molecule has 4 aromatic rings. The average molecular weight is 425 g/mol. The maximum atomic E-state index is 13.6. The molecule has 0 spiro atoms. The molecule has 0 atom stereocenters. The number of ether oxygens (including phenoxy) is 1. The van der Waals surface area contributed by atoms with Crippen LogP contribution >= 0.6 is 23.1 Å². The Hall–Kier alpha value is -3.10. The summed E-state index contributed by atoms with van der Waals surface area (Å²) < 4.78 is 6.74. The number of carboxylic acids is 1. The first kappa shape index (κ1) is 19.2. The van der Waals surface area contributed by atoms with Crippen molar-refractivity contribution in [3.8, 4) is 22.6 Å². The molecule has 2 aromatic heterocycles. The summed E-state index contributed by atoms with van der Waals surface area (Å²) in [5, 5.41) is 11.9. The van der Waals surface area contributed by atoms with Crippen molar-refractivity contribution in [2.75, 3.05) is 12.9 Å². The van der Waals surface area contributed by atoms with Crippen molar-refractivity contribution in [3.63, 3.8) is 0 Å². The lowest BCUT2D eigenvalue weighted by Gasteiger charge is -2.13. The summed E-state index contributed by atoms with van der Waals surface area (Å²) >= 11 is 2.39. The molecule has 0 saturated heterocycles. The SMILES string of the molecule is COc1cccc(-n2c(SCC(=O)O)nc3scc(-c4ccccc4)c3c2=O)c1. The van der Waals surface area contributed by atoms with Gasteiger partial charge in [-0.15, -0.1) is 11.3 Å². The predicted octanol–water partition coefficient (Wildman–Crippen LogP) is 4.30. The van der Waals surface area contributed by atoms with Gasteiger partial charge in [-0.3, -0.25) is 14.2 Å². The smallest absolute Gasteiger partial charge is 0.313 e. The molecule has 0 amide bonds. The van der Waals surface area contributed by atoms with Crippen molar-refractivity contribution in [1.82, 2.24) is 9.55 Å². The molecule has 1 N–H and O–H groups in total. The normalized spacial score (nSPS) is 10.9. The number of carboxylic acid groups (broad SMARTS) is 1. The fourth-order valence-corrected chi connectivity index (χ4v) is 4.72. The van der Waals surface area contributed by atoms with Crippen LogP contribution in [0.3, 0.4) is 0 Å². The molecule has 0 bridgehead atoms. The fraction of sp³-hybridized carbons (Fsp3) is 0.0952. The van der Waals surface area contributed by atoms with Crippen LogP contribution in [0.15, 0.2) is 69.9 Å². The van der Waals surface area contributed by atoms with Gasteiger partial charge in [0, 0.05) is 17.0 Å². The van der Waals surface area contributed by atoms with Crippen LogP contribution < -0.4 is 10.3 Å². The van der Waals surface area contributed by atoms with Crippen LogP contribution in [0.4, 0.5) is 0 Å². The van der Waals surface area contributed by atoms with Crippen LogP contribution in [0, 0.1) is 0 Å². The second-order valence-corrected chi connectivity index (χ2v) is 7.91. The van der Waals surface area contributed by atoms with E-state index in [2.05, 4.69) is 4.98 Å². The molecule has 0 fully saturated rings. The van der Waals surface area contributed by atoms with Crippen molar-refractivity contribution in [3.05, 3.63) is 70.3 Å². The van der Waals surface area contributed by atoms with Crippen LogP contribution in [0.5, 0.6) is 5.75 Å². The van der Waals surface area contributed by atoms with Gasteiger partial charge in [-0.05, 0) is 17.7 Å². The first-order valence-electron chi connectivity index (χ1n) is 8.67. The van der Waals surface area contributed by atoms with Gasteiger partial charge in [0.2, 0.25) is 0 Å². The number of nitrogens with zero attached hydrogens (tertiary/aromatic N) is 2. The molecular weight excluding hydrogens is 408 g/mol. The zero-order chi connectivity index (χ0) is 20.4. The molecule has 0 aliphatic rings. The maximum absolute atomic E-state index is 13.6. The Bertz CT molecular complexity index is 1250. The summed E-state index contributed by atoms with van der Waals surface area (Å²) in [6.45, 7) is 0. The van der Waals surface area contributed by atoms with Gasteiger partial charge in [-0.1, -0.05) is 48.2 Å². The van der Waals surface area contributed by atoms with Gasteiger partial charge in [0.05, 0.1) is 23.9 Å². The van der Waals surface area contributed by atoms with E-state index in [1.54, 1.807) is 31.4 Å². The zero-order valence-corrected chi connectivity index (χ0v) is 17.0. The van der Waals surface area contributed by atoms with E-state index >= 15 is 0 Å². The number of hydrogen-bond acceptors (Lipinski definition) is 6. The number of aliphatic carboxylic acids is 1. The topological polar surface area (TPSA) is 81.4 Å². The molecule has 2 heterocycles. The summed E-state index contributed by atoms with van der Waals surface area (Å²) in [5.74, 6) is -0.575. The van der Waals surface area contributed by atoms with Crippen molar-refractivity contribution >= 4 is 39.3 Å². The first-order valence-corrected chi connectivity index (χ1v) is 10.5. The Balaban J connectivity index is 1.99. The van der Waals surface area contributed by atoms with E-state index in [0.717, 1.165) is 22.9 Å². The molecule has 0 aliphatic carbocycles. The lowest BCUT2D eigenvalue weighted by Crippen LogP contribution is -2.22. The Morgan fingerprint density at radius 2 is 2.00 bits per heavy atom. The largest absolute Gasteiger partial charge is 0.497 e. The third-order valence-corrected chi connectivity index (χ3v) is 6.09. The summed E-state index contributed by atoms with van der Waals surface area (Å²) in [6, 6.07) is 16.7. The Morgan fingerprint density at radius 1 is 1.21 bits per heavy atom. The van der Waals surface area contributed by atoms with Gasteiger partial charge >= 0.3 is 5.97 Å². The Kier molecular flexibility index (Phi) is 5.37.